The number of guanidine groups is 1. The third-order valence-electron chi connectivity index (χ3n) is 5.98. The predicted molar refractivity (Wildman–Crippen MR) is 130 cm³/mol. The van der Waals surface area contributed by atoms with Gasteiger partial charge in [-0.1, -0.05) is 20.8 Å². The Morgan fingerprint density at radius 3 is 2.79 bits per heavy atom. The van der Waals surface area contributed by atoms with Gasteiger partial charge in [0.1, 0.15) is 0 Å². The van der Waals surface area contributed by atoms with E-state index in [-0.39, 0.29) is 29.4 Å². The highest BCUT2D eigenvalue weighted by atomic mass is 127. The van der Waals surface area contributed by atoms with E-state index in [1.807, 2.05) is 17.9 Å². The van der Waals surface area contributed by atoms with E-state index in [0.717, 1.165) is 51.6 Å². The molecule has 1 N–H and O–H groups in total. The molecule has 2 aliphatic heterocycles. The highest BCUT2D eigenvalue weighted by Crippen LogP contribution is 2.34. The number of halogens is 1. The molecule has 6 nitrogen and oxygen atoms in total. The van der Waals surface area contributed by atoms with Gasteiger partial charge in [-0.25, -0.2) is 0 Å². The number of nitrogens with zero attached hydrogens (tertiary/aromatic N) is 4. The first-order valence-corrected chi connectivity index (χ1v) is 11.0. The lowest BCUT2D eigenvalue weighted by Crippen LogP contribution is -2.43. The van der Waals surface area contributed by atoms with E-state index < -0.39 is 0 Å². The number of hydrogen-bond donors (Lipinski definition) is 1. The summed E-state index contributed by atoms with van der Waals surface area (Å²) in [7, 11) is 1.99. The lowest BCUT2D eigenvalue weighted by atomic mass is 9.78. The first kappa shape index (κ1) is 24.4. The summed E-state index contributed by atoms with van der Waals surface area (Å²) < 4.78 is 8.04. The van der Waals surface area contributed by atoms with Crippen LogP contribution < -0.4 is 5.32 Å². The number of hydrogen-bond acceptors (Lipinski definition) is 3. The summed E-state index contributed by atoms with van der Waals surface area (Å²) in [5.74, 6) is 2.26. The van der Waals surface area contributed by atoms with Crippen LogP contribution in [0.5, 0.6) is 0 Å². The summed E-state index contributed by atoms with van der Waals surface area (Å²) in [5.41, 5.74) is 1.50. The Kier molecular flexibility index (Phi) is 9.25. The van der Waals surface area contributed by atoms with Gasteiger partial charge in [-0.05, 0) is 49.5 Å². The third kappa shape index (κ3) is 6.84. The number of ether oxygens (including phenoxy) is 1. The van der Waals surface area contributed by atoms with Crippen molar-refractivity contribution in [3.05, 3.63) is 18.0 Å². The highest BCUT2D eigenvalue weighted by molar-refractivity contribution is 14.0. The number of aryl methyl sites for hydroxylation is 1. The van der Waals surface area contributed by atoms with E-state index in [1.54, 1.807) is 0 Å². The maximum atomic E-state index is 6.15. The molecule has 0 bridgehead atoms. The minimum atomic E-state index is 0. The van der Waals surface area contributed by atoms with Crippen molar-refractivity contribution in [3.8, 4) is 0 Å². The molecule has 0 spiro atoms. The quantitative estimate of drug-likeness (QED) is 0.368. The number of aromatic nitrogens is 2. The van der Waals surface area contributed by atoms with Crippen LogP contribution in [0.3, 0.4) is 0 Å². The van der Waals surface area contributed by atoms with Crippen molar-refractivity contribution in [1.29, 1.82) is 0 Å². The number of likely N-dealkylation sites (tertiary alicyclic amines) is 1. The number of aliphatic imine (C=N–C) groups is 1. The molecule has 3 atom stereocenters. The van der Waals surface area contributed by atoms with Crippen molar-refractivity contribution in [2.75, 3.05) is 32.8 Å². The molecule has 2 saturated heterocycles. The van der Waals surface area contributed by atoms with Gasteiger partial charge in [-0.15, -0.1) is 24.0 Å². The fourth-order valence-electron chi connectivity index (χ4n) is 4.72. The molecule has 3 rings (SSSR count). The van der Waals surface area contributed by atoms with Crippen LogP contribution in [0.4, 0.5) is 0 Å². The molecule has 29 heavy (non-hydrogen) atoms. The van der Waals surface area contributed by atoms with E-state index in [2.05, 4.69) is 49.2 Å². The Hall–Kier alpha value is -0.830. The fourth-order valence-corrected chi connectivity index (χ4v) is 4.72. The Morgan fingerprint density at radius 1 is 1.34 bits per heavy atom. The van der Waals surface area contributed by atoms with Gasteiger partial charge in [-0.3, -0.25) is 9.67 Å². The molecule has 3 heterocycles. The minimum absolute atomic E-state index is 0. The van der Waals surface area contributed by atoms with E-state index in [9.17, 15) is 0 Å². The average molecular weight is 518 g/mol. The standard InChI is InChI=1S/C22H39N5O.HI/c1-6-23-21(24-14-19-8-7-11-28-20(19)22(2,3)4)27-10-9-17(16-27)12-18-13-25-26(5)15-18;/h13,15,17,19-20H,6-12,14,16H2,1-5H3,(H,23,24);1H. The van der Waals surface area contributed by atoms with Crippen molar-refractivity contribution in [2.45, 2.75) is 59.5 Å². The van der Waals surface area contributed by atoms with Crippen LogP contribution in [0, 0.1) is 17.3 Å². The van der Waals surface area contributed by atoms with Gasteiger partial charge in [0.2, 0.25) is 0 Å². The molecule has 166 valence electrons. The SMILES string of the molecule is CCNC(=NCC1CCCOC1C(C)(C)C)N1CCC(Cc2cnn(C)c2)C1.I. The van der Waals surface area contributed by atoms with Gasteiger partial charge in [-0.2, -0.15) is 5.10 Å². The second-order valence-corrected chi connectivity index (χ2v) is 9.58. The van der Waals surface area contributed by atoms with E-state index in [4.69, 9.17) is 9.73 Å². The summed E-state index contributed by atoms with van der Waals surface area (Å²) >= 11 is 0. The second kappa shape index (κ2) is 11.0. The van der Waals surface area contributed by atoms with Gasteiger partial charge in [0, 0.05) is 51.9 Å². The first-order valence-electron chi connectivity index (χ1n) is 11.0. The van der Waals surface area contributed by atoms with Gasteiger partial charge >= 0.3 is 0 Å². The van der Waals surface area contributed by atoms with Gasteiger partial charge < -0.3 is 15.0 Å². The zero-order valence-electron chi connectivity index (χ0n) is 18.9. The monoisotopic (exact) mass is 517 g/mol. The molecule has 2 fully saturated rings. The Bertz CT molecular complexity index is 654. The number of nitrogens with one attached hydrogen (secondary N) is 1. The molecule has 0 radical (unpaired) electrons. The Balaban J connectivity index is 0.00000300. The zero-order valence-corrected chi connectivity index (χ0v) is 21.2. The van der Waals surface area contributed by atoms with Crippen LogP contribution in [-0.2, 0) is 18.2 Å². The molecule has 0 saturated carbocycles. The van der Waals surface area contributed by atoms with Crippen LogP contribution in [0.15, 0.2) is 17.4 Å². The predicted octanol–water partition coefficient (Wildman–Crippen LogP) is 3.71. The van der Waals surface area contributed by atoms with Crippen LogP contribution in [0.25, 0.3) is 0 Å². The molecule has 0 amide bonds. The topological polar surface area (TPSA) is 54.7 Å². The Labute approximate surface area is 193 Å². The van der Waals surface area contributed by atoms with Crippen LogP contribution in [0.2, 0.25) is 0 Å². The van der Waals surface area contributed by atoms with Crippen LogP contribution in [-0.4, -0.2) is 59.5 Å². The van der Waals surface area contributed by atoms with Gasteiger partial charge in [0.15, 0.2) is 5.96 Å². The summed E-state index contributed by atoms with van der Waals surface area (Å²) in [6.45, 7) is 13.8. The molecule has 2 aliphatic rings. The molecule has 7 heteroatoms. The molecular weight excluding hydrogens is 477 g/mol. The third-order valence-corrected chi connectivity index (χ3v) is 5.98. The van der Waals surface area contributed by atoms with Gasteiger partial charge in [0.25, 0.3) is 0 Å². The minimum Gasteiger partial charge on any atom is -0.377 e. The van der Waals surface area contributed by atoms with Crippen LogP contribution >= 0.6 is 24.0 Å². The molecule has 3 unspecified atom stereocenters. The fraction of sp³-hybridized carbons (Fsp3) is 0.818. The van der Waals surface area contributed by atoms with Crippen molar-refractivity contribution in [2.24, 2.45) is 29.3 Å². The molecule has 0 aromatic carbocycles. The van der Waals surface area contributed by atoms with Crippen molar-refractivity contribution >= 4 is 29.9 Å². The smallest absolute Gasteiger partial charge is 0.193 e. The van der Waals surface area contributed by atoms with Crippen molar-refractivity contribution in [1.82, 2.24) is 20.0 Å². The number of rotatable bonds is 5. The summed E-state index contributed by atoms with van der Waals surface area (Å²) in [4.78, 5) is 7.51. The van der Waals surface area contributed by atoms with Crippen molar-refractivity contribution in [3.63, 3.8) is 0 Å². The second-order valence-electron chi connectivity index (χ2n) is 9.58. The van der Waals surface area contributed by atoms with E-state index in [1.165, 1.54) is 18.4 Å². The molecule has 1 aromatic rings. The normalized spacial score (nSPS) is 25.8. The molecular formula is C22H40IN5O. The maximum absolute atomic E-state index is 6.15. The summed E-state index contributed by atoms with van der Waals surface area (Å²) in [6.07, 6.45) is 9.12. The van der Waals surface area contributed by atoms with Gasteiger partial charge in [0.05, 0.1) is 12.3 Å². The Morgan fingerprint density at radius 2 is 2.14 bits per heavy atom. The van der Waals surface area contributed by atoms with Crippen molar-refractivity contribution < 1.29 is 4.74 Å². The zero-order chi connectivity index (χ0) is 20.1. The first-order chi connectivity index (χ1) is 13.4. The average Bonchev–Trinajstić information content (AvgIpc) is 3.27. The maximum Gasteiger partial charge on any atom is 0.193 e. The highest BCUT2D eigenvalue weighted by Gasteiger charge is 2.35. The summed E-state index contributed by atoms with van der Waals surface area (Å²) in [6, 6.07) is 0. The van der Waals surface area contributed by atoms with E-state index >= 15 is 0 Å². The lowest BCUT2D eigenvalue weighted by molar-refractivity contribution is -0.0824. The molecule has 0 aliphatic carbocycles. The molecule has 1 aromatic heterocycles. The van der Waals surface area contributed by atoms with Crippen LogP contribution in [0.1, 0.15) is 52.5 Å². The van der Waals surface area contributed by atoms with E-state index in [0.29, 0.717) is 17.9 Å². The largest absolute Gasteiger partial charge is 0.377 e. The lowest BCUT2D eigenvalue weighted by Gasteiger charge is -2.39. The summed E-state index contributed by atoms with van der Waals surface area (Å²) in [5, 5.41) is 7.83.